The molecule has 1 saturated carbocycles. The van der Waals surface area contributed by atoms with Crippen molar-refractivity contribution in [3.8, 4) is 11.4 Å². The second kappa shape index (κ2) is 5.17. The number of benzene rings is 1. The number of anilines is 1. The van der Waals surface area contributed by atoms with Crippen LogP contribution in [0.25, 0.3) is 11.4 Å². The molecular formula is C17H22N4. The van der Waals surface area contributed by atoms with Crippen LogP contribution in [0.2, 0.25) is 0 Å². The van der Waals surface area contributed by atoms with E-state index in [0.717, 1.165) is 24.6 Å². The average Bonchev–Trinajstić information content (AvgIpc) is 3.13. The topological polar surface area (TPSA) is 42.7 Å². The summed E-state index contributed by atoms with van der Waals surface area (Å²) in [4.78, 5) is 0. The highest BCUT2D eigenvalue weighted by Crippen LogP contribution is 2.34. The molecule has 0 bridgehead atoms. The highest BCUT2D eigenvalue weighted by molar-refractivity contribution is 5.67. The van der Waals surface area contributed by atoms with Crippen molar-refractivity contribution in [3.05, 3.63) is 29.6 Å². The minimum absolute atomic E-state index is 0.574. The Kier molecular flexibility index (Phi) is 3.17. The van der Waals surface area contributed by atoms with Crippen molar-refractivity contribution < 1.29 is 0 Å². The summed E-state index contributed by atoms with van der Waals surface area (Å²) in [6, 6.07) is 7.25. The number of fused-ring (bicyclic) bond motifs is 1. The molecule has 1 N–H and O–H groups in total. The van der Waals surface area contributed by atoms with Crippen LogP contribution in [0.4, 0.5) is 5.69 Å². The van der Waals surface area contributed by atoms with E-state index in [2.05, 4.69) is 45.2 Å². The summed E-state index contributed by atoms with van der Waals surface area (Å²) in [6.45, 7) is 3.13. The Balaban J connectivity index is 1.75. The van der Waals surface area contributed by atoms with Gasteiger partial charge in [0.05, 0.1) is 0 Å². The van der Waals surface area contributed by atoms with Crippen molar-refractivity contribution in [3.63, 3.8) is 0 Å². The van der Waals surface area contributed by atoms with E-state index in [1.54, 1.807) is 0 Å². The molecule has 1 fully saturated rings. The van der Waals surface area contributed by atoms with Crippen LogP contribution in [0, 0.1) is 6.92 Å². The first-order valence-electron chi connectivity index (χ1n) is 8.11. The highest BCUT2D eigenvalue weighted by atomic mass is 15.3. The molecule has 0 atom stereocenters. The zero-order valence-corrected chi connectivity index (χ0v) is 12.6. The molecule has 1 aliphatic carbocycles. The lowest BCUT2D eigenvalue weighted by Gasteiger charge is -2.25. The van der Waals surface area contributed by atoms with E-state index in [-0.39, 0.29) is 0 Å². The Morgan fingerprint density at radius 2 is 2.00 bits per heavy atom. The van der Waals surface area contributed by atoms with Gasteiger partial charge in [-0.3, -0.25) is 0 Å². The lowest BCUT2D eigenvalue weighted by atomic mass is 9.95. The molecule has 1 aromatic heterocycles. The molecule has 4 nitrogen and oxygen atoms in total. The molecular weight excluding hydrogens is 260 g/mol. The van der Waals surface area contributed by atoms with E-state index in [1.807, 2.05) is 0 Å². The SMILES string of the molecule is Cc1nnc(-c2ccc3c(c2)NCC3)n1C1CCCCC1. The molecule has 4 heteroatoms. The van der Waals surface area contributed by atoms with Gasteiger partial charge in [-0.05, 0) is 37.8 Å². The second-order valence-electron chi connectivity index (χ2n) is 6.28. The minimum Gasteiger partial charge on any atom is -0.384 e. The van der Waals surface area contributed by atoms with E-state index in [0.29, 0.717) is 6.04 Å². The van der Waals surface area contributed by atoms with Gasteiger partial charge < -0.3 is 9.88 Å². The molecule has 4 rings (SSSR count). The van der Waals surface area contributed by atoms with Gasteiger partial charge >= 0.3 is 0 Å². The summed E-state index contributed by atoms with van der Waals surface area (Å²) in [6.07, 6.45) is 7.67. The number of hydrogen-bond acceptors (Lipinski definition) is 3. The van der Waals surface area contributed by atoms with Gasteiger partial charge in [0, 0.05) is 23.8 Å². The predicted molar refractivity (Wildman–Crippen MR) is 84.5 cm³/mol. The molecule has 0 radical (unpaired) electrons. The van der Waals surface area contributed by atoms with Crippen LogP contribution in [0.5, 0.6) is 0 Å². The van der Waals surface area contributed by atoms with Crippen molar-refractivity contribution in [1.82, 2.24) is 14.8 Å². The molecule has 2 aliphatic rings. The molecule has 110 valence electrons. The molecule has 2 aromatic rings. The van der Waals surface area contributed by atoms with Gasteiger partial charge in [0.25, 0.3) is 0 Å². The quantitative estimate of drug-likeness (QED) is 0.912. The van der Waals surface area contributed by atoms with Gasteiger partial charge in [-0.1, -0.05) is 31.4 Å². The Morgan fingerprint density at radius 3 is 2.86 bits per heavy atom. The predicted octanol–water partition coefficient (Wildman–Crippen LogP) is 3.73. The maximum absolute atomic E-state index is 4.47. The van der Waals surface area contributed by atoms with Gasteiger partial charge in [-0.25, -0.2) is 0 Å². The van der Waals surface area contributed by atoms with Gasteiger partial charge in [0.15, 0.2) is 5.82 Å². The van der Waals surface area contributed by atoms with Crippen LogP contribution in [-0.2, 0) is 6.42 Å². The monoisotopic (exact) mass is 282 g/mol. The normalized spacial score (nSPS) is 18.5. The Morgan fingerprint density at radius 1 is 1.14 bits per heavy atom. The third-order valence-electron chi connectivity index (χ3n) is 4.88. The maximum atomic E-state index is 4.47. The van der Waals surface area contributed by atoms with Gasteiger partial charge in [-0.15, -0.1) is 10.2 Å². The third-order valence-corrected chi connectivity index (χ3v) is 4.88. The Bertz CT molecular complexity index is 653. The van der Waals surface area contributed by atoms with Crippen LogP contribution in [0.15, 0.2) is 18.2 Å². The lowest BCUT2D eigenvalue weighted by Crippen LogP contribution is -2.15. The van der Waals surface area contributed by atoms with E-state index < -0.39 is 0 Å². The summed E-state index contributed by atoms with van der Waals surface area (Å²) in [5.41, 5.74) is 3.87. The number of nitrogens with zero attached hydrogens (tertiary/aromatic N) is 3. The zero-order chi connectivity index (χ0) is 14.2. The van der Waals surface area contributed by atoms with Crippen LogP contribution in [0.1, 0.15) is 49.5 Å². The standard InChI is InChI=1S/C17H22N4/c1-12-19-20-17(21(12)15-5-3-2-4-6-15)14-8-7-13-9-10-18-16(13)11-14/h7-8,11,15,18H,2-6,9-10H2,1H3. The minimum atomic E-state index is 0.574. The molecule has 21 heavy (non-hydrogen) atoms. The van der Waals surface area contributed by atoms with Crippen molar-refractivity contribution in [2.45, 2.75) is 51.5 Å². The van der Waals surface area contributed by atoms with Crippen molar-refractivity contribution in [1.29, 1.82) is 0 Å². The van der Waals surface area contributed by atoms with Crippen molar-refractivity contribution in [2.75, 3.05) is 11.9 Å². The number of nitrogens with one attached hydrogen (secondary N) is 1. The summed E-state index contributed by atoms with van der Waals surface area (Å²) < 4.78 is 2.37. The van der Waals surface area contributed by atoms with Gasteiger partial charge in [0.1, 0.15) is 5.82 Å². The largest absolute Gasteiger partial charge is 0.384 e. The molecule has 2 heterocycles. The Labute approximate surface area is 125 Å². The first-order valence-corrected chi connectivity index (χ1v) is 8.11. The smallest absolute Gasteiger partial charge is 0.164 e. The fourth-order valence-corrected chi connectivity index (χ4v) is 3.77. The van der Waals surface area contributed by atoms with E-state index in [9.17, 15) is 0 Å². The summed E-state index contributed by atoms with van der Waals surface area (Å²) in [5.74, 6) is 2.08. The van der Waals surface area contributed by atoms with E-state index in [4.69, 9.17) is 0 Å². The van der Waals surface area contributed by atoms with Crippen molar-refractivity contribution in [2.24, 2.45) is 0 Å². The molecule has 0 amide bonds. The molecule has 0 saturated heterocycles. The molecule has 0 spiro atoms. The van der Waals surface area contributed by atoms with E-state index >= 15 is 0 Å². The summed E-state index contributed by atoms with van der Waals surface area (Å²) in [5, 5.41) is 12.3. The van der Waals surface area contributed by atoms with E-state index in [1.165, 1.54) is 48.9 Å². The molecule has 1 aromatic carbocycles. The third kappa shape index (κ3) is 2.23. The van der Waals surface area contributed by atoms with Crippen LogP contribution in [0.3, 0.4) is 0 Å². The lowest BCUT2D eigenvalue weighted by molar-refractivity contribution is 0.350. The maximum Gasteiger partial charge on any atom is 0.164 e. The summed E-state index contributed by atoms with van der Waals surface area (Å²) >= 11 is 0. The fraction of sp³-hybridized carbons (Fsp3) is 0.529. The highest BCUT2D eigenvalue weighted by Gasteiger charge is 2.22. The zero-order valence-electron chi connectivity index (χ0n) is 12.6. The van der Waals surface area contributed by atoms with Gasteiger partial charge in [-0.2, -0.15) is 0 Å². The molecule has 0 unspecified atom stereocenters. The first-order chi connectivity index (χ1) is 10.3. The average molecular weight is 282 g/mol. The Hall–Kier alpha value is -1.84. The number of aromatic nitrogens is 3. The van der Waals surface area contributed by atoms with Gasteiger partial charge in [0.2, 0.25) is 0 Å². The number of rotatable bonds is 2. The van der Waals surface area contributed by atoms with Crippen LogP contribution < -0.4 is 5.32 Å². The number of aryl methyl sites for hydroxylation is 1. The second-order valence-corrected chi connectivity index (χ2v) is 6.28. The van der Waals surface area contributed by atoms with Crippen molar-refractivity contribution >= 4 is 5.69 Å². The fourth-order valence-electron chi connectivity index (χ4n) is 3.77. The summed E-state index contributed by atoms with van der Waals surface area (Å²) in [7, 11) is 0. The number of hydrogen-bond donors (Lipinski definition) is 1. The van der Waals surface area contributed by atoms with Crippen LogP contribution >= 0.6 is 0 Å². The van der Waals surface area contributed by atoms with Crippen LogP contribution in [-0.4, -0.2) is 21.3 Å². The molecule has 1 aliphatic heterocycles. The first kappa shape index (κ1) is 12.9.